The third-order valence-electron chi connectivity index (χ3n) is 4.11. The first-order valence-corrected chi connectivity index (χ1v) is 8.97. The third-order valence-corrected chi connectivity index (χ3v) is 4.85. The van der Waals surface area contributed by atoms with E-state index in [9.17, 15) is 5.11 Å². The number of phenols is 1. The first kappa shape index (κ1) is 15.0. The van der Waals surface area contributed by atoms with Crippen LogP contribution in [-0.4, -0.2) is 11.4 Å². The van der Waals surface area contributed by atoms with Gasteiger partial charge in [-0.15, -0.1) is 11.8 Å². The normalized spacial score (nSPS) is 11.2. The van der Waals surface area contributed by atoms with Crippen molar-refractivity contribution >= 4 is 39.4 Å². The summed E-state index contributed by atoms with van der Waals surface area (Å²) in [5.41, 5.74) is 3.88. The summed E-state index contributed by atoms with van der Waals surface area (Å²) in [5, 5.41) is 15.1. The summed E-state index contributed by atoms with van der Waals surface area (Å²) in [6, 6.07) is 19.8. The highest BCUT2D eigenvalue weighted by Crippen LogP contribution is 2.32. The molecule has 0 spiro atoms. The average molecular weight is 335 g/mol. The van der Waals surface area contributed by atoms with Crippen LogP contribution in [-0.2, 0) is 6.54 Å². The van der Waals surface area contributed by atoms with Gasteiger partial charge in [-0.1, -0.05) is 12.1 Å². The van der Waals surface area contributed by atoms with Crippen molar-refractivity contribution in [2.75, 3.05) is 11.6 Å². The van der Waals surface area contributed by atoms with Crippen LogP contribution in [0.2, 0.25) is 0 Å². The fourth-order valence-electron chi connectivity index (χ4n) is 2.82. The lowest BCUT2D eigenvalue weighted by Crippen LogP contribution is -1.98. The highest BCUT2D eigenvalue weighted by Gasteiger charge is 2.08. The zero-order chi connectivity index (χ0) is 16.5. The number of aromatic hydroxyl groups is 1. The van der Waals surface area contributed by atoms with Crippen molar-refractivity contribution in [1.82, 2.24) is 0 Å². The standard InChI is InChI=1S/C20H17NO2S/c1-24-16-6-2-13(3-7-16)12-21-14-4-8-19-17(10-14)18-11-15(22)5-9-20(18)23-19/h2-11,21-22H,12H2,1H3. The lowest BCUT2D eigenvalue weighted by atomic mass is 10.1. The van der Waals surface area contributed by atoms with Gasteiger partial charge in [-0.25, -0.2) is 0 Å². The van der Waals surface area contributed by atoms with Crippen LogP contribution in [0.5, 0.6) is 5.75 Å². The van der Waals surface area contributed by atoms with E-state index in [1.807, 2.05) is 12.1 Å². The van der Waals surface area contributed by atoms with E-state index < -0.39 is 0 Å². The van der Waals surface area contributed by atoms with E-state index in [-0.39, 0.29) is 5.75 Å². The van der Waals surface area contributed by atoms with Gasteiger partial charge in [0.05, 0.1) is 0 Å². The van der Waals surface area contributed by atoms with Crippen LogP contribution in [0.4, 0.5) is 5.69 Å². The van der Waals surface area contributed by atoms with Crippen LogP contribution in [0.15, 0.2) is 70.0 Å². The molecule has 3 nitrogen and oxygen atoms in total. The van der Waals surface area contributed by atoms with E-state index in [4.69, 9.17) is 4.42 Å². The highest BCUT2D eigenvalue weighted by molar-refractivity contribution is 7.98. The molecular formula is C20H17NO2S. The number of benzene rings is 3. The minimum atomic E-state index is 0.248. The molecule has 120 valence electrons. The van der Waals surface area contributed by atoms with Crippen molar-refractivity contribution in [3.63, 3.8) is 0 Å². The zero-order valence-corrected chi connectivity index (χ0v) is 14.1. The topological polar surface area (TPSA) is 45.4 Å². The van der Waals surface area contributed by atoms with E-state index >= 15 is 0 Å². The Morgan fingerprint density at radius 2 is 1.62 bits per heavy atom. The molecule has 4 heteroatoms. The number of rotatable bonds is 4. The third kappa shape index (κ3) is 2.81. The molecule has 0 amide bonds. The molecule has 0 saturated heterocycles. The fourth-order valence-corrected chi connectivity index (χ4v) is 3.23. The fraction of sp³-hybridized carbons (Fsp3) is 0.100. The molecule has 0 unspecified atom stereocenters. The molecule has 3 aromatic carbocycles. The number of furan rings is 1. The molecule has 4 rings (SSSR count). The van der Waals surface area contributed by atoms with E-state index in [0.717, 1.165) is 34.2 Å². The number of fused-ring (bicyclic) bond motifs is 3. The SMILES string of the molecule is CSc1ccc(CNc2ccc3oc4ccc(O)cc4c3c2)cc1. The summed E-state index contributed by atoms with van der Waals surface area (Å²) in [6.07, 6.45) is 2.08. The highest BCUT2D eigenvalue weighted by atomic mass is 32.2. The smallest absolute Gasteiger partial charge is 0.135 e. The van der Waals surface area contributed by atoms with Gasteiger partial charge < -0.3 is 14.8 Å². The summed E-state index contributed by atoms with van der Waals surface area (Å²) < 4.78 is 5.81. The first-order valence-electron chi connectivity index (χ1n) is 7.75. The summed E-state index contributed by atoms with van der Waals surface area (Å²) in [4.78, 5) is 1.27. The minimum absolute atomic E-state index is 0.248. The van der Waals surface area contributed by atoms with Crippen molar-refractivity contribution in [3.8, 4) is 5.75 Å². The molecule has 2 N–H and O–H groups in total. The van der Waals surface area contributed by atoms with E-state index in [0.29, 0.717) is 0 Å². The van der Waals surface area contributed by atoms with Crippen molar-refractivity contribution in [3.05, 3.63) is 66.2 Å². The molecular weight excluding hydrogens is 318 g/mol. The number of anilines is 1. The molecule has 24 heavy (non-hydrogen) atoms. The van der Waals surface area contributed by atoms with Crippen molar-refractivity contribution in [1.29, 1.82) is 0 Å². The zero-order valence-electron chi connectivity index (χ0n) is 13.2. The molecule has 0 fully saturated rings. The number of phenolic OH excluding ortho intramolecular Hbond substituents is 1. The Labute approximate surface area is 144 Å². The quantitative estimate of drug-likeness (QED) is 0.475. The number of hydrogen-bond donors (Lipinski definition) is 2. The lowest BCUT2D eigenvalue weighted by Gasteiger charge is -2.07. The van der Waals surface area contributed by atoms with Gasteiger partial charge in [0.25, 0.3) is 0 Å². The Hall–Kier alpha value is -2.59. The van der Waals surface area contributed by atoms with E-state index in [1.165, 1.54) is 10.5 Å². The molecule has 0 aliphatic carbocycles. The molecule has 0 aliphatic rings. The molecule has 0 atom stereocenters. The van der Waals surface area contributed by atoms with Gasteiger partial charge in [0.2, 0.25) is 0 Å². The first-order chi connectivity index (χ1) is 11.7. The maximum absolute atomic E-state index is 9.71. The second-order valence-corrected chi connectivity index (χ2v) is 6.57. The number of hydrogen-bond acceptors (Lipinski definition) is 4. The lowest BCUT2D eigenvalue weighted by molar-refractivity contribution is 0.476. The summed E-state index contributed by atoms with van der Waals surface area (Å²) in [6.45, 7) is 0.765. The van der Waals surface area contributed by atoms with Crippen LogP contribution in [0.1, 0.15) is 5.56 Å². The van der Waals surface area contributed by atoms with Gasteiger partial charge in [0, 0.05) is 27.9 Å². The Morgan fingerprint density at radius 1 is 0.917 bits per heavy atom. The van der Waals surface area contributed by atoms with Crippen LogP contribution in [0.3, 0.4) is 0 Å². The van der Waals surface area contributed by atoms with Crippen LogP contribution < -0.4 is 5.32 Å². The Balaban J connectivity index is 1.61. The van der Waals surface area contributed by atoms with E-state index in [1.54, 1.807) is 30.0 Å². The Bertz CT molecular complexity index is 1010. The largest absolute Gasteiger partial charge is 0.508 e. The van der Waals surface area contributed by atoms with Crippen molar-refractivity contribution in [2.24, 2.45) is 0 Å². The van der Waals surface area contributed by atoms with Gasteiger partial charge in [0.15, 0.2) is 0 Å². The predicted molar refractivity (Wildman–Crippen MR) is 101 cm³/mol. The van der Waals surface area contributed by atoms with Gasteiger partial charge >= 0.3 is 0 Å². The summed E-state index contributed by atoms with van der Waals surface area (Å²) >= 11 is 1.75. The van der Waals surface area contributed by atoms with Crippen molar-refractivity contribution < 1.29 is 9.52 Å². The summed E-state index contributed by atoms with van der Waals surface area (Å²) in [7, 11) is 0. The maximum atomic E-state index is 9.71. The minimum Gasteiger partial charge on any atom is -0.508 e. The molecule has 0 saturated carbocycles. The Morgan fingerprint density at radius 3 is 2.38 bits per heavy atom. The second kappa shape index (κ2) is 6.13. The second-order valence-electron chi connectivity index (χ2n) is 5.70. The number of nitrogens with one attached hydrogen (secondary N) is 1. The monoisotopic (exact) mass is 335 g/mol. The molecule has 0 radical (unpaired) electrons. The average Bonchev–Trinajstić information content (AvgIpc) is 2.97. The van der Waals surface area contributed by atoms with E-state index in [2.05, 4.69) is 41.9 Å². The van der Waals surface area contributed by atoms with Gasteiger partial charge in [-0.2, -0.15) is 0 Å². The summed E-state index contributed by atoms with van der Waals surface area (Å²) in [5.74, 6) is 0.248. The molecule has 0 bridgehead atoms. The van der Waals surface area contributed by atoms with Gasteiger partial charge in [-0.05, 0) is 60.4 Å². The van der Waals surface area contributed by atoms with Crippen LogP contribution in [0, 0.1) is 0 Å². The molecule has 1 heterocycles. The van der Waals surface area contributed by atoms with Gasteiger partial charge in [-0.3, -0.25) is 0 Å². The molecule has 0 aliphatic heterocycles. The van der Waals surface area contributed by atoms with Crippen LogP contribution in [0.25, 0.3) is 21.9 Å². The van der Waals surface area contributed by atoms with Crippen molar-refractivity contribution in [2.45, 2.75) is 11.4 Å². The Kier molecular flexibility index (Phi) is 3.82. The number of thioether (sulfide) groups is 1. The van der Waals surface area contributed by atoms with Gasteiger partial charge in [0.1, 0.15) is 16.9 Å². The maximum Gasteiger partial charge on any atom is 0.135 e. The molecule has 4 aromatic rings. The molecule has 1 aromatic heterocycles. The van der Waals surface area contributed by atoms with Crippen LogP contribution >= 0.6 is 11.8 Å². The predicted octanol–water partition coefficient (Wildman–Crippen LogP) is 5.63.